The highest BCUT2D eigenvalue weighted by Crippen LogP contribution is 2.22. The van der Waals surface area contributed by atoms with Gasteiger partial charge in [-0.1, -0.05) is 12.1 Å². The van der Waals surface area contributed by atoms with Gasteiger partial charge in [-0.25, -0.2) is 4.98 Å². The zero-order valence-electron chi connectivity index (χ0n) is 14.2. The van der Waals surface area contributed by atoms with Crippen molar-refractivity contribution < 1.29 is 0 Å². The quantitative estimate of drug-likeness (QED) is 0.518. The van der Waals surface area contributed by atoms with Gasteiger partial charge < -0.3 is 15.2 Å². The fourth-order valence-corrected chi connectivity index (χ4v) is 3.07. The van der Waals surface area contributed by atoms with Crippen molar-refractivity contribution in [1.82, 2.24) is 24.8 Å². The summed E-state index contributed by atoms with van der Waals surface area (Å²) in [4.78, 5) is 13.4. The third-order valence-electron chi connectivity index (χ3n) is 4.26. The van der Waals surface area contributed by atoms with Crippen LogP contribution < -0.4 is 10.6 Å². The Kier molecular flexibility index (Phi) is 9.70. The van der Waals surface area contributed by atoms with E-state index in [-0.39, 0.29) is 50.9 Å². The Morgan fingerprint density at radius 3 is 2.58 bits per heavy atom. The van der Waals surface area contributed by atoms with Crippen molar-refractivity contribution >= 4 is 67.9 Å². The van der Waals surface area contributed by atoms with Gasteiger partial charge in [0.05, 0.1) is 29.5 Å². The molecule has 9 heteroatoms. The number of anilines is 1. The molecule has 3 heterocycles. The zero-order valence-corrected chi connectivity index (χ0v) is 19.3. The summed E-state index contributed by atoms with van der Waals surface area (Å²) in [6.45, 7) is 2.78. The number of nitrogens with zero attached hydrogens (tertiary/aromatic N) is 4. The minimum atomic E-state index is 0. The molecule has 1 saturated heterocycles. The van der Waals surface area contributed by atoms with Crippen LogP contribution >= 0.6 is 50.9 Å². The second-order valence-electron chi connectivity index (χ2n) is 5.88. The Balaban J connectivity index is 0.00000113. The van der Waals surface area contributed by atoms with Crippen molar-refractivity contribution in [1.29, 1.82) is 0 Å². The highest BCUT2D eigenvalue weighted by molar-refractivity contribution is 8.93. The van der Waals surface area contributed by atoms with E-state index >= 15 is 0 Å². The number of fused-ring (bicyclic) bond motifs is 1. The summed E-state index contributed by atoms with van der Waals surface area (Å²) in [6, 6.07) is 8.69. The molecule has 2 aromatic heterocycles. The van der Waals surface area contributed by atoms with Gasteiger partial charge in [-0.15, -0.1) is 50.9 Å². The minimum Gasteiger partial charge on any atom is -0.353 e. The highest BCUT2D eigenvalue weighted by Gasteiger charge is 2.17. The summed E-state index contributed by atoms with van der Waals surface area (Å²) >= 11 is 0. The third kappa shape index (κ3) is 5.25. The molecule has 0 saturated carbocycles. The molecular weight excluding hydrogens is 528 g/mol. The van der Waals surface area contributed by atoms with Crippen LogP contribution in [0.5, 0.6) is 0 Å². The summed E-state index contributed by atoms with van der Waals surface area (Å²) in [5.41, 5.74) is 3.06. The van der Waals surface area contributed by atoms with Gasteiger partial charge in [0.2, 0.25) is 5.95 Å². The first kappa shape index (κ1) is 23.0. The molecule has 6 nitrogen and oxygen atoms in total. The van der Waals surface area contributed by atoms with Crippen LogP contribution in [-0.2, 0) is 6.54 Å². The number of nitrogens with one attached hydrogen (secondary N) is 2. The van der Waals surface area contributed by atoms with Gasteiger partial charge in [0.15, 0.2) is 0 Å². The van der Waals surface area contributed by atoms with Crippen LogP contribution in [-0.4, -0.2) is 38.7 Å². The molecule has 0 amide bonds. The number of hydrogen-bond acceptors (Lipinski definition) is 5. The van der Waals surface area contributed by atoms with Crippen LogP contribution in [0.15, 0.2) is 42.9 Å². The van der Waals surface area contributed by atoms with Gasteiger partial charge >= 0.3 is 0 Å². The number of rotatable bonds is 4. The number of hydrogen-bond donors (Lipinski definition) is 2. The Morgan fingerprint density at radius 2 is 1.85 bits per heavy atom. The second kappa shape index (κ2) is 11.0. The molecule has 4 rings (SSSR count). The molecule has 0 radical (unpaired) electrons. The van der Waals surface area contributed by atoms with Crippen LogP contribution in [0.3, 0.4) is 0 Å². The monoisotopic (exact) mass is 548 g/mol. The second-order valence-corrected chi connectivity index (χ2v) is 5.88. The molecule has 0 unspecified atom stereocenters. The average molecular weight is 551 g/mol. The lowest BCUT2D eigenvalue weighted by atomic mass is 10.1. The molecule has 1 fully saturated rings. The van der Waals surface area contributed by atoms with Crippen LogP contribution in [0.2, 0.25) is 0 Å². The van der Waals surface area contributed by atoms with E-state index in [0.29, 0.717) is 12.6 Å². The van der Waals surface area contributed by atoms with Gasteiger partial charge in [0.25, 0.3) is 0 Å². The van der Waals surface area contributed by atoms with E-state index in [9.17, 15) is 0 Å². The first-order valence-corrected chi connectivity index (χ1v) is 8.07. The standard InChI is InChI=1S/C17H20N6.3BrH/c1-2-4-16-15(3-1)22-17(21-13-5-7-18-8-6-13)23(16)12-14-11-19-9-10-20-14;;;/h1-4,9-11,13,18H,5-8,12H2,(H,21,22);3*1H. The van der Waals surface area contributed by atoms with Gasteiger partial charge in [0.1, 0.15) is 0 Å². The third-order valence-corrected chi connectivity index (χ3v) is 4.26. The molecule has 0 bridgehead atoms. The Bertz CT molecular complexity index is 790. The Morgan fingerprint density at radius 1 is 1.08 bits per heavy atom. The van der Waals surface area contributed by atoms with Gasteiger partial charge in [-0.3, -0.25) is 9.97 Å². The summed E-state index contributed by atoms with van der Waals surface area (Å²) in [6.07, 6.45) is 7.48. The maximum Gasteiger partial charge on any atom is 0.204 e. The summed E-state index contributed by atoms with van der Waals surface area (Å²) in [5.74, 6) is 0.920. The number of para-hydroxylation sites is 2. The van der Waals surface area contributed by atoms with Crippen molar-refractivity contribution in [2.24, 2.45) is 0 Å². The highest BCUT2D eigenvalue weighted by atomic mass is 79.9. The first-order chi connectivity index (χ1) is 11.4. The fraction of sp³-hybridized carbons (Fsp3) is 0.353. The molecule has 1 aliphatic heterocycles. The van der Waals surface area contributed by atoms with Gasteiger partial charge in [-0.2, -0.15) is 0 Å². The topological polar surface area (TPSA) is 67.7 Å². The zero-order chi connectivity index (χ0) is 15.5. The Labute approximate surface area is 184 Å². The average Bonchev–Trinajstić information content (AvgIpc) is 2.94. The molecule has 2 N–H and O–H groups in total. The van der Waals surface area contributed by atoms with Crippen molar-refractivity contribution in [3.63, 3.8) is 0 Å². The largest absolute Gasteiger partial charge is 0.353 e. The number of imidazole rings is 1. The fourth-order valence-electron chi connectivity index (χ4n) is 3.07. The number of piperidine rings is 1. The molecule has 1 aliphatic rings. The van der Waals surface area contributed by atoms with Gasteiger partial charge in [0, 0.05) is 18.4 Å². The summed E-state index contributed by atoms with van der Waals surface area (Å²) in [5, 5.41) is 7.02. The van der Waals surface area contributed by atoms with E-state index in [1.165, 1.54) is 0 Å². The van der Waals surface area contributed by atoms with Crippen molar-refractivity contribution in [3.8, 4) is 0 Å². The Hall–Kier alpha value is -1.03. The number of halogens is 3. The predicted octanol–water partition coefficient (Wildman–Crippen LogP) is 3.77. The van der Waals surface area contributed by atoms with Crippen LogP contribution in [0, 0.1) is 0 Å². The lowest BCUT2D eigenvalue weighted by Gasteiger charge is -2.24. The summed E-state index contributed by atoms with van der Waals surface area (Å²) < 4.78 is 2.20. The molecule has 0 aliphatic carbocycles. The first-order valence-electron chi connectivity index (χ1n) is 8.07. The molecule has 0 spiro atoms. The van der Waals surface area contributed by atoms with E-state index in [1.807, 2.05) is 18.3 Å². The van der Waals surface area contributed by atoms with Gasteiger partial charge in [-0.05, 0) is 38.1 Å². The van der Waals surface area contributed by atoms with Crippen molar-refractivity contribution in [2.75, 3.05) is 18.4 Å². The van der Waals surface area contributed by atoms with E-state index in [0.717, 1.165) is 48.6 Å². The lowest BCUT2D eigenvalue weighted by molar-refractivity contribution is 0.476. The molecule has 3 aromatic rings. The predicted molar refractivity (Wildman–Crippen MR) is 121 cm³/mol. The van der Waals surface area contributed by atoms with E-state index in [2.05, 4.69) is 37.3 Å². The smallest absolute Gasteiger partial charge is 0.204 e. The van der Waals surface area contributed by atoms with E-state index in [4.69, 9.17) is 4.98 Å². The van der Waals surface area contributed by atoms with Crippen LogP contribution in [0.25, 0.3) is 11.0 Å². The normalized spacial score (nSPS) is 14.0. The molecule has 26 heavy (non-hydrogen) atoms. The van der Waals surface area contributed by atoms with Crippen molar-refractivity contribution in [2.45, 2.75) is 25.4 Å². The molecule has 1 aromatic carbocycles. The van der Waals surface area contributed by atoms with Crippen molar-refractivity contribution in [3.05, 3.63) is 48.5 Å². The van der Waals surface area contributed by atoms with E-state index < -0.39 is 0 Å². The van der Waals surface area contributed by atoms with Crippen LogP contribution in [0.4, 0.5) is 5.95 Å². The molecule has 142 valence electrons. The number of benzene rings is 1. The SMILES string of the molecule is Br.Br.Br.c1ccc2c(c1)nc(NC1CCNCC1)n2Cc1cnccn1. The van der Waals surface area contributed by atoms with Crippen LogP contribution in [0.1, 0.15) is 18.5 Å². The lowest BCUT2D eigenvalue weighted by Crippen LogP contribution is -2.36. The van der Waals surface area contributed by atoms with E-state index in [1.54, 1.807) is 12.4 Å². The molecule has 0 atom stereocenters. The summed E-state index contributed by atoms with van der Waals surface area (Å²) in [7, 11) is 0. The maximum atomic E-state index is 4.79. The molecular formula is C17H23Br3N6. The maximum absolute atomic E-state index is 4.79. The minimum absolute atomic E-state index is 0. The number of aromatic nitrogens is 4.